The molecule has 1 aromatic carbocycles. The van der Waals surface area contributed by atoms with Gasteiger partial charge < -0.3 is 19.7 Å². The van der Waals surface area contributed by atoms with Gasteiger partial charge in [0, 0.05) is 25.0 Å². The van der Waals surface area contributed by atoms with Crippen molar-refractivity contribution < 1.29 is 9.52 Å². The van der Waals surface area contributed by atoms with Gasteiger partial charge in [0.25, 0.3) is 0 Å². The van der Waals surface area contributed by atoms with Gasteiger partial charge in [-0.25, -0.2) is 0 Å². The van der Waals surface area contributed by atoms with Crippen molar-refractivity contribution in [2.75, 3.05) is 30.4 Å². The number of anilines is 2. The highest BCUT2D eigenvalue weighted by Crippen LogP contribution is 2.17. The summed E-state index contributed by atoms with van der Waals surface area (Å²) in [6, 6.07) is 13.3. The molecule has 5 nitrogen and oxygen atoms in total. The summed E-state index contributed by atoms with van der Waals surface area (Å²) in [4.78, 5) is 1.98. The zero-order valence-electron chi connectivity index (χ0n) is 11.3. The lowest BCUT2D eigenvalue weighted by Gasteiger charge is -2.18. The molecule has 0 saturated carbocycles. The highest BCUT2D eigenvalue weighted by atomic mass is 16.3. The number of aliphatic hydroxyl groups is 1. The molecule has 0 aliphatic carbocycles. The van der Waals surface area contributed by atoms with E-state index < -0.39 is 0 Å². The topological polar surface area (TPSA) is 72.4 Å². The SMILES string of the molecule is CN(CCO)c1ccc(NCc2ccc(C#N)o2)cc1. The van der Waals surface area contributed by atoms with Crippen LogP contribution in [0.2, 0.25) is 0 Å². The zero-order valence-corrected chi connectivity index (χ0v) is 11.3. The second-order valence-electron chi connectivity index (χ2n) is 4.42. The minimum atomic E-state index is 0.135. The van der Waals surface area contributed by atoms with Gasteiger partial charge in [0.2, 0.25) is 5.76 Å². The minimum Gasteiger partial charge on any atom is -0.449 e. The van der Waals surface area contributed by atoms with Gasteiger partial charge in [-0.05, 0) is 36.4 Å². The van der Waals surface area contributed by atoms with Gasteiger partial charge in [-0.3, -0.25) is 0 Å². The van der Waals surface area contributed by atoms with Crippen LogP contribution in [0, 0.1) is 11.3 Å². The average molecular weight is 271 g/mol. The number of nitriles is 1. The summed E-state index contributed by atoms with van der Waals surface area (Å²) in [6.07, 6.45) is 0. The number of rotatable bonds is 6. The Hall–Kier alpha value is -2.45. The fraction of sp³-hybridized carbons (Fsp3) is 0.267. The third-order valence-corrected chi connectivity index (χ3v) is 2.98. The first-order valence-corrected chi connectivity index (χ1v) is 6.37. The van der Waals surface area contributed by atoms with E-state index >= 15 is 0 Å². The lowest BCUT2D eigenvalue weighted by Crippen LogP contribution is -2.20. The van der Waals surface area contributed by atoms with E-state index in [1.54, 1.807) is 12.1 Å². The van der Waals surface area contributed by atoms with E-state index in [-0.39, 0.29) is 6.61 Å². The van der Waals surface area contributed by atoms with Gasteiger partial charge in [-0.2, -0.15) is 5.26 Å². The standard InChI is InChI=1S/C15H17N3O2/c1-18(8-9-19)13-4-2-12(3-5-13)17-11-15-7-6-14(10-16)20-15/h2-7,17,19H,8-9,11H2,1H3. The van der Waals surface area contributed by atoms with E-state index in [1.165, 1.54) is 0 Å². The Labute approximate surface area is 118 Å². The van der Waals surface area contributed by atoms with Crippen LogP contribution in [0.3, 0.4) is 0 Å². The first kappa shape index (κ1) is 14.0. The molecule has 0 spiro atoms. The van der Waals surface area contributed by atoms with Crippen molar-refractivity contribution in [3.63, 3.8) is 0 Å². The molecule has 0 atom stereocenters. The third-order valence-electron chi connectivity index (χ3n) is 2.98. The Morgan fingerprint density at radius 3 is 2.60 bits per heavy atom. The molecule has 0 saturated heterocycles. The Morgan fingerprint density at radius 2 is 2.00 bits per heavy atom. The summed E-state index contributed by atoms with van der Waals surface area (Å²) >= 11 is 0. The van der Waals surface area contributed by atoms with E-state index in [0.29, 0.717) is 18.8 Å². The van der Waals surface area contributed by atoms with E-state index in [0.717, 1.165) is 17.1 Å². The maximum atomic E-state index is 8.90. The smallest absolute Gasteiger partial charge is 0.203 e. The molecule has 0 fully saturated rings. The van der Waals surface area contributed by atoms with Crippen LogP contribution in [0.25, 0.3) is 0 Å². The summed E-state index contributed by atoms with van der Waals surface area (Å²) in [5, 5.41) is 20.8. The van der Waals surface area contributed by atoms with Gasteiger partial charge in [0.1, 0.15) is 11.8 Å². The van der Waals surface area contributed by atoms with Crippen molar-refractivity contribution in [2.24, 2.45) is 0 Å². The van der Waals surface area contributed by atoms with Crippen LogP contribution in [0.5, 0.6) is 0 Å². The fourth-order valence-electron chi connectivity index (χ4n) is 1.84. The van der Waals surface area contributed by atoms with Crippen molar-refractivity contribution >= 4 is 11.4 Å². The summed E-state index contributed by atoms with van der Waals surface area (Å²) in [5.74, 6) is 1.05. The van der Waals surface area contributed by atoms with E-state index in [9.17, 15) is 0 Å². The molecule has 2 N–H and O–H groups in total. The van der Waals surface area contributed by atoms with E-state index in [2.05, 4.69) is 5.32 Å². The van der Waals surface area contributed by atoms with Crippen LogP contribution in [-0.4, -0.2) is 25.3 Å². The Morgan fingerprint density at radius 1 is 1.25 bits per heavy atom. The number of furan rings is 1. The number of aliphatic hydroxyl groups excluding tert-OH is 1. The number of likely N-dealkylation sites (N-methyl/N-ethyl adjacent to an activating group) is 1. The van der Waals surface area contributed by atoms with Crippen molar-refractivity contribution in [3.8, 4) is 6.07 Å². The molecule has 20 heavy (non-hydrogen) atoms. The third kappa shape index (κ3) is 3.53. The molecule has 1 heterocycles. The first-order chi connectivity index (χ1) is 9.72. The molecule has 1 aromatic heterocycles. The second-order valence-corrected chi connectivity index (χ2v) is 4.42. The number of nitrogens with one attached hydrogen (secondary N) is 1. The Bertz CT molecular complexity index is 584. The Kier molecular flexibility index (Phi) is 4.64. The second kappa shape index (κ2) is 6.64. The number of benzene rings is 1. The molecule has 0 radical (unpaired) electrons. The lowest BCUT2D eigenvalue weighted by molar-refractivity contribution is 0.304. The number of hydrogen-bond acceptors (Lipinski definition) is 5. The highest BCUT2D eigenvalue weighted by molar-refractivity contribution is 5.54. The molecule has 0 aliphatic heterocycles. The molecule has 5 heteroatoms. The summed E-state index contributed by atoms with van der Waals surface area (Å²) in [6.45, 7) is 1.28. The maximum absolute atomic E-state index is 8.90. The zero-order chi connectivity index (χ0) is 14.4. The number of nitrogens with zero attached hydrogens (tertiary/aromatic N) is 2. The monoisotopic (exact) mass is 271 g/mol. The molecule has 104 valence electrons. The molecule has 2 rings (SSSR count). The first-order valence-electron chi connectivity index (χ1n) is 6.37. The van der Waals surface area contributed by atoms with Gasteiger partial charge in [-0.1, -0.05) is 0 Å². The van der Waals surface area contributed by atoms with Crippen molar-refractivity contribution in [3.05, 3.63) is 47.9 Å². The minimum absolute atomic E-state index is 0.135. The predicted octanol–water partition coefficient (Wildman–Crippen LogP) is 2.19. The number of hydrogen-bond donors (Lipinski definition) is 2. The van der Waals surface area contributed by atoms with Crippen molar-refractivity contribution in [1.82, 2.24) is 0 Å². The van der Waals surface area contributed by atoms with E-state index in [4.69, 9.17) is 14.8 Å². The largest absolute Gasteiger partial charge is 0.449 e. The van der Waals surface area contributed by atoms with Crippen LogP contribution in [0.1, 0.15) is 11.5 Å². The maximum Gasteiger partial charge on any atom is 0.203 e. The van der Waals surface area contributed by atoms with Gasteiger partial charge in [-0.15, -0.1) is 0 Å². The van der Waals surface area contributed by atoms with Crippen molar-refractivity contribution in [1.29, 1.82) is 5.26 Å². The van der Waals surface area contributed by atoms with Gasteiger partial charge >= 0.3 is 0 Å². The molecule has 0 bridgehead atoms. The van der Waals surface area contributed by atoms with Crippen LogP contribution < -0.4 is 10.2 Å². The molecule has 2 aromatic rings. The Balaban J connectivity index is 1.92. The predicted molar refractivity (Wildman–Crippen MR) is 77.5 cm³/mol. The van der Waals surface area contributed by atoms with Crippen LogP contribution in [-0.2, 0) is 6.54 Å². The van der Waals surface area contributed by atoms with E-state index in [1.807, 2.05) is 42.3 Å². The van der Waals surface area contributed by atoms with Crippen LogP contribution >= 0.6 is 0 Å². The molecule has 0 amide bonds. The van der Waals surface area contributed by atoms with Gasteiger partial charge in [0.15, 0.2) is 0 Å². The van der Waals surface area contributed by atoms with Crippen LogP contribution in [0.4, 0.5) is 11.4 Å². The lowest BCUT2D eigenvalue weighted by atomic mass is 10.2. The average Bonchev–Trinajstić information content (AvgIpc) is 2.94. The fourth-order valence-corrected chi connectivity index (χ4v) is 1.84. The van der Waals surface area contributed by atoms with Crippen molar-refractivity contribution in [2.45, 2.75) is 6.54 Å². The highest BCUT2D eigenvalue weighted by Gasteiger charge is 2.02. The molecular weight excluding hydrogens is 254 g/mol. The summed E-state index contributed by atoms with van der Waals surface area (Å²) in [5.41, 5.74) is 2.02. The molecule has 0 aliphatic rings. The molecular formula is C15H17N3O2. The quantitative estimate of drug-likeness (QED) is 0.842. The van der Waals surface area contributed by atoms with Crippen LogP contribution in [0.15, 0.2) is 40.8 Å². The summed E-state index contributed by atoms with van der Waals surface area (Å²) < 4.78 is 5.29. The van der Waals surface area contributed by atoms with Gasteiger partial charge in [0.05, 0.1) is 13.2 Å². The molecule has 0 unspecified atom stereocenters. The normalized spacial score (nSPS) is 10.1. The summed E-state index contributed by atoms with van der Waals surface area (Å²) in [7, 11) is 1.94.